The lowest BCUT2D eigenvalue weighted by Gasteiger charge is -2.11. The smallest absolute Gasteiger partial charge is 0.135 e. The van der Waals surface area contributed by atoms with Gasteiger partial charge in [-0.3, -0.25) is 0 Å². The SMILES string of the molecule is CCCNc1cc(Nc2cc(Cl)c(C)cc2Cl)ncn1. The number of benzene rings is 1. The minimum Gasteiger partial charge on any atom is -0.370 e. The number of aromatic nitrogens is 2. The molecule has 2 N–H and O–H groups in total. The van der Waals surface area contributed by atoms with Crippen molar-refractivity contribution >= 4 is 40.5 Å². The standard InChI is InChI=1S/C14H16Cl2N4/c1-3-4-17-13-7-14(19-8-18-13)20-12-6-10(15)9(2)5-11(12)16/h5-8H,3-4H2,1-2H3,(H2,17,18,19,20). The molecule has 0 aliphatic rings. The highest BCUT2D eigenvalue weighted by Crippen LogP contribution is 2.30. The van der Waals surface area contributed by atoms with Gasteiger partial charge >= 0.3 is 0 Å². The first-order chi connectivity index (χ1) is 9.60. The fraction of sp³-hybridized carbons (Fsp3) is 0.286. The average Bonchev–Trinajstić information content (AvgIpc) is 2.43. The maximum absolute atomic E-state index is 6.19. The molecule has 0 saturated heterocycles. The molecule has 0 atom stereocenters. The molecule has 20 heavy (non-hydrogen) atoms. The molecule has 0 aliphatic heterocycles. The molecule has 0 aliphatic carbocycles. The van der Waals surface area contributed by atoms with Crippen LogP contribution in [0.4, 0.5) is 17.3 Å². The van der Waals surface area contributed by atoms with Crippen LogP contribution >= 0.6 is 23.2 Å². The van der Waals surface area contributed by atoms with Crippen LogP contribution in [-0.4, -0.2) is 16.5 Å². The molecule has 6 heteroatoms. The topological polar surface area (TPSA) is 49.8 Å². The summed E-state index contributed by atoms with van der Waals surface area (Å²) in [6, 6.07) is 5.45. The van der Waals surface area contributed by atoms with E-state index in [1.807, 2.05) is 19.1 Å². The van der Waals surface area contributed by atoms with E-state index in [0.29, 0.717) is 15.9 Å². The Morgan fingerprint density at radius 2 is 1.80 bits per heavy atom. The number of nitrogens with zero attached hydrogens (tertiary/aromatic N) is 2. The third kappa shape index (κ3) is 3.74. The first-order valence-electron chi connectivity index (χ1n) is 6.38. The first kappa shape index (κ1) is 14.9. The summed E-state index contributed by atoms with van der Waals surface area (Å²) in [5.41, 5.74) is 1.66. The van der Waals surface area contributed by atoms with Gasteiger partial charge in [0.2, 0.25) is 0 Å². The van der Waals surface area contributed by atoms with Crippen molar-refractivity contribution in [1.29, 1.82) is 0 Å². The van der Waals surface area contributed by atoms with E-state index < -0.39 is 0 Å². The highest BCUT2D eigenvalue weighted by Gasteiger charge is 2.06. The summed E-state index contributed by atoms with van der Waals surface area (Å²) in [5.74, 6) is 1.44. The van der Waals surface area contributed by atoms with Gasteiger partial charge in [0.25, 0.3) is 0 Å². The number of rotatable bonds is 5. The van der Waals surface area contributed by atoms with Gasteiger partial charge in [0, 0.05) is 17.6 Å². The monoisotopic (exact) mass is 310 g/mol. The predicted octanol–water partition coefficient (Wildman–Crippen LogP) is 4.66. The lowest BCUT2D eigenvalue weighted by atomic mass is 10.2. The summed E-state index contributed by atoms with van der Waals surface area (Å²) in [5, 5.41) is 7.62. The van der Waals surface area contributed by atoms with Gasteiger partial charge in [0.15, 0.2) is 0 Å². The Morgan fingerprint density at radius 3 is 2.55 bits per heavy atom. The van der Waals surface area contributed by atoms with E-state index in [4.69, 9.17) is 23.2 Å². The summed E-state index contributed by atoms with van der Waals surface area (Å²) in [6.45, 7) is 4.88. The maximum Gasteiger partial charge on any atom is 0.135 e. The van der Waals surface area contributed by atoms with Gasteiger partial charge in [-0.05, 0) is 31.0 Å². The van der Waals surface area contributed by atoms with Crippen molar-refractivity contribution in [3.8, 4) is 0 Å². The van der Waals surface area contributed by atoms with Crippen LogP contribution in [-0.2, 0) is 0 Å². The second-order valence-corrected chi connectivity index (χ2v) is 5.24. The van der Waals surface area contributed by atoms with Crippen molar-refractivity contribution in [2.75, 3.05) is 17.2 Å². The number of nitrogens with one attached hydrogen (secondary N) is 2. The summed E-state index contributed by atoms with van der Waals surface area (Å²) in [4.78, 5) is 8.32. The molecule has 4 nitrogen and oxygen atoms in total. The number of hydrogen-bond acceptors (Lipinski definition) is 4. The summed E-state index contributed by atoms with van der Waals surface area (Å²) in [7, 11) is 0. The zero-order valence-corrected chi connectivity index (χ0v) is 12.9. The third-order valence-corrected chi connectivity index (χ3v) is 3.45. The van der Waals surface area contributed by atoms with E-state index in [1.54, 1.807) is 6.07 Å². The molecule has 2 rings (SSSR count). The van der Waals surface area contributed by atoms with Crippen LogP contribution in [0, 0.1) is 6.92 Å². The number of halogens is 2. The van der Waals surface area contributed by atoms with Crippen molar-refractivity contribution in [3.05, 3.63) is 40.1 Å². The molecule has 0 radical (unpaired) electrons. The summed E-state index contributed by atoms with van der Waals surface area (Å²) >= 11 is 12.3. The van der Waals surface area contributed by atoms with Crippen LogP contribution in [0.15, 0.2) is 24.5 Å². The molecule has 1 aromatic heterocycles. The van der Waals surface area contributed by atoms with Gasteiger partial charge in [-0.1, -0.05) is 30.1 Å². The van der Waals surface area contributed by atoms with Gasteiger partial charge in [-0.15, -0.1) is 0 Å². The molecular weight excluding hydrogens is 295 g/mol. The zero-order valence-electron chi connectivity index (χ0n) is 11.4. The van der Waals surface area contributed by atoms with Crippen molar-refractivity contribution in [3.63, 3.8) is 0 Å². The van der Waals surface area contributed by atoms with E-state index in [2.05, 4.69) is 27.5 Å². The van der Waals surface area contributed by atoms with Gasteiger partial charge in [0.05, 0.1) is 10.7 Å². The van der Waals surface area contributed by atoms with Gasteiger partial charge < -0.3 is 10.6 Å². The maximum atomic E-state index is 6.19. The van der Waals surface area contributed by atoms with Gasteiger partial charge in [-0.25, -0.2) is 9.97 Å². The molecule has 2 aromatic rings. The van der Waals surface area contributed by atoms with Crippen LogP contribution in [0.5, 0.6) is 0 Å². The Morgan fingerprint density at radius 1 is 1.05 bits per heavy atom. The molecule has 106 valence electrons. The Hall–Kier alpha value is -1.52. The summed E-state index contributed by atoms with van der Waals surface area (Å²) < 4.78 is 0. The van der Waals surface area contributed by atoms with Gasteiger partial charge in [0.1, 0.15) is 18.0 Å². The van der Waals surface area contributed by atoms with Crippen LogP contribution in [0.25, 0.3) is 0 Å². The predicted molar refractivity (Wildman–Crippen MR) is 85.3 cm³/mol. The Kier molecular flexibility index (Phi) is 5.04. The van der Waals surface area contributed by atoms with Crippen LogP contribution in [0.2, 0.25) is 10.0 Å². The molecule has 1 aromatic carbocycles. The van der Waals surface area contributed by atoms with E-state index in [1.165, 1.54) is 6.33 Å². The van der Waals surface area contributed by atoms with Crippen molar-refractivity contribution in [2.24, 2.45) is 0 Å². The Bertz CT molecular complexity index is 602. The highest BCUT2D eigenvalue weighted by atomic mass is 35.5. The fourth-order valence-corrected chi connectivity index (χ4v) is 2.08. The second kappa shape index (κ2) is 6.77. The molecule has 0 saturated carbocycles. The minimum absolute atomic E-state index is 0.605. The second-order valence-electron chi connectivity index (χ2n) is 4.42. The van der Waals surface area contributed by atoms with E-state index in [-0.39, 0.29) is 0 Å². The molecular formula is C14H16Cl2N4. The largest absolute Gasteiger partial charge is 0.370 e. The fourth-order valence-electron chi connectivity index (χ4n) is 1.66. The number of aryl methyl sites for hydroxylation is 1. The molecule has 0 amide bonds. The quantitative estimate of drug-likeness (QED) is 0.843. The van der Waals surface area contributed by atoms with Crippen LogP contribution in [0.3, 0.4) is 0 Å². The average molecular weight is 311 g/mol. The molecule has 0 fully saturated rings. The third-order valence-electron chi connectivity index (χ3n) is 2.73. The highest BCUT2D eigenvalue weighted by molar-refractivity contribution is 6.35. The first-order valence-corrected chi connectivity index (χ1v) is 7.14. The summed E-state index contributed by atoms with van der Waals surface area (Å²) in [6.07, 6.45) is 2.54. The zero-order chi connectivity index (χ0) is 14.5. The number of anilines is 3. The van der Waals surface area contributed by atoms with E-state index >= 15 is 0 Å². The van der Waals surface area contributed by atoms with E-state index in [0.717, 1.165) is 30.0 Å². The normalized spacial score (nSPS) is 10.4. The number of hydrogen-bond donors (Lipinski definition) is 2. The van der Waals surface area contributed by atoms with E-state index in [9.17, 15) is 0 Å². The minimum atomic E-state index is 0.605. The Balaban J connectivity index is 2.19. The lowest BCUT2D eigenvalue weighted by Crippen LogP contribution is -2.03. The molecule has 0 spiro atoms. The van der Waals surface area contributed by atoms with Crippen molar-refractivity contribution in [2.45, 2.75) is 20.3 Å². The van der Waals surface area contributed by atoms with Crippen molar-refractivity contribution in [1.82, 2.24) is 9.97 Å². The van der Waals surface area contributed by atoms with Crippen LogP contribution in [0.1, 0.15) is 18.9 Å². The molecule has 0 bridgehead atoms. The molecule has 0 unspecified atom stereocenters. The Labute approximate surface area is 128 Å². The molecule has 1 heterocycles. The van der Waals surface area contributed by atoms with Crippen LogP contribution < -0.4 is 10.6 Å². The lowest BCUT2D eigenvalue weighted by molar-refractivity contribution is 0.965. The van der Waals surface area contributed by atoms with Gasteiger partial charge in [-0.2, -0.15) is 0 Å². The van der Waals surface area contributed by atoms with Crippen molar-refractivity contribution < 1.29 is 0 Å².